The van der Waals surface area contributed by atoms with Crippen LogP contribution in [0.1, 0.15) is 57.1 Å². The van der Waals surface area contributed by atoms with E-state index >= 15 is 0 Å². The van der Waals surface area contributed by atoms with Crippen molar-refractivity contribution in [2.24, 2.45) is 5.92 Å². The van der Waals surface area contributed by atoms with E-state index in [0.717, 1.165) is 16.8 Å². The highest BCUT2D eigenvalue weighted by Gasteiger charge is 2.12. The number of carbonyl (C=O) groups excluding carboxylic acids is 2. The zero-order valence-corrected chi connectivity index (χ0v) is 19.0. The van der Waals surface area contributed by atoms with Crippen LogP contribution in [-0.2, 0) is 22.6 Å². The Hall–Kier alpha value is -3.48. The number of nitrogens with one attached hydrogen (secondary N) is 2. The molecule has 2 aromatic carbocycles. The smallest absolute Gasteiger partial charge is 0.227 e. The molecule has 2 amide bonds. The van der Waals surface area contributed by atoms with E-state index in [1.807, 2.05) is 50.2 Å². The van der Waals surface area contributed by atoms with Crippen molar-refractivity contribution in [2.45, 2.75) is 53.0 Å². The minimum atomic E-state index is -0.109. The summed E-state index contributed by atoms with van der Waals surface area (Å²) < 4.78 is 5.30. The van der Waals surface area contributed by atoms with Crippen molar-refractivity contribution < 1.29 is 14.1 Å². The summed E-state index contributed by atoms with van der Waals surface area (Å²) in [5.41, 5.74) is 3.76. The van der Waals surface area contributed by atoms with E-state index in [2.05, 4.69) is 46.8 Å². The van der Waals surface area contributed by atoms with Gasteiger partial charge in [0.15, 0.2) is 0 Å². The molecule has 32 heavy (non-hydrogen) atoms. The van der Waals surface area contributed by atoms with Crippen LogP contribution < -0.4 is 10.6 Å². The lowest BCUT2D eigenvalue weighted by atomic mass is 10.0. The molecule has 0 bridgehead atoms. The van der Waals surface area contributed by atoms with Crippen LogP contribution in [0.4, 0.5) is 5.69 Å². The molecule has 0 unspecified atom stereocenters. The number of carbonyl (C=O) groups is 2. The van der Waals surface area contributed by atoms with Gasteiger partial charge in [0, 0.05) is 36.6 Å². The Morgan fingerprint density at radius 3 is 2.47 bits per heavy atom. The van der Waals surface area contributed by atoms with Crippen LogP contribution >= 0.6 is 0 Å². The highest BCUT2D eigenvalue weighted by molar-refractivity contribution is 5.92. The maximum atomic E-state index is 12.2. The lowest BCUT2D eigenvalue weighted by molar-refractivity contribution is -0.121. The van der Waals surface area contributed by atoms with E-state index in [0.29, 0.717) is 30.6 Å². The first-order valence-electron chi connectivity index (χ1n) is 10.9. The van der Waals surface area contributed by atoms with Gasteiger partial charge in [-0.15, -0.1) is 0 Å². The minimum Gasteiger partial charge on any atom is -0.352 e. The van der Waals surface area contributed by atoms with Crippen LogP contribution in [0.5, 0.6) is 0 Å². The van der Waals surface area contributed by atoms with Gasteiger partial charge >= 0.3 is 0 Å². The summed E-state index contributed by atoms with van der Waals surface area (Å²) in [6.07, 6.45) is 0.616. The molecule has 0 aliphatic carbocycles. The molecule has 0 aliphatic heterocycles. The van der Waals surface area contributed by atoms with Crippen molar-refractivity contribution >= 4 is 17.5 Å². The molecule has 7 nitrogen and oxygen atoms in total. The number of aromatic nitrogens is 2. The van der Waals surface area contributed by atoms with Gasteiger partial charge in [0.25, 0.3) is 0 Å². The van der Waals surface area contributed by atoms with Crippen molar-refractivity contribution in [1.82, 2.24) is 15.5 Å². The van der Waals surface area contributed by atoms with Crippen LogP contribution in [-0.4, -0.2) is 22.0 Å². The second-order valence-electron chi connectivity index (χ2n) is 8.41. The van der Waals surface area contributed by atoms with E-state index in [-0.39, 0.29) is 24.2 Å². The molecule has 0 saturated heterocycles. The molecule has 0 aliphatic rings. The summed E-state index contributed by atoms with van der Waals surface area (Å²) in [5.74, 6) is 1.17. The number of hydrogen-bond acceptors (Lipinski definition) is 5. The van der Waals surface area contributed by atoms with Crippen molar-refractivity contribution in [3.05, 3.63) is 65.5 Å². The normalized spacial score (nSPS) is 11.1. The van der Waals surface area contributed by atoms with Crippen LogP contribution in [0.2, 0.25) is 0 Å². The van der Waals surface area contributed by atoms with Crippen molar-refractivity contribution in [1.29, 1.82) is 0 Å². The number of hydrogen-bond donors (Lipinski definition) is 2. The lowest BCUT2D eigenvalue weighted by Crippen LogP contribution is -2.23. The first-order valence-corrected chi connectivity index (χ1v) is 10.9. The molecule has 0 radical (unpaired) electrons. The fourth-order valence-corrected chi connectivity index (χ4v) is 3.05. The molecule has 1 heterocycles. The van der Waals surface area contributed by atoms with Crippen LogP contribution in [0.15, 0.2) is 53.1 Å². The highest BCUT2D eigenvalue weighted by Crippen LogP contribution is 2.20. The number of anilines is 1. The third kappa shape index (κ3) is 6.51. The molecule has 0 fully saturated rings. The topological polar surface area (TPSA) is 97.1 Å². The molecule has 7 heteroatoms. The zero-order chi connectivity index (χ0) is 23.1. The van der Waals surface area contributed by atoms with Gasteiger partial charge in [0.05, 0.1) is 0 Å². The number of rotatable bonds is 9. The Morgan fingerprint density at radius 1 is 1.03 bits per heavy atom. The Kier molecular flexibility index (Phi) is 7.76. The highest BCUT2D eigenvalue weighted by atomic mass is 16.5. The Balaban J connectivity index is 1.48. The fourth-order valence-electron chi connectivity index (χ4n) is 3.05. The molecular formula is C25H30N4O3. The molecule has 168 valence electrons. The molecule has 3 rings (SSSR count). The molecular weight excluding hydrogens is 404 g/mol. The third-order valence-corrected chi connectivity index (χ3v) is 5.08. The maximum Gasteiger partial charge on any atom is 0.227 e. The summed E-state index contributed by atoms with van der Waals surface area (Å²) in [4.78, 5) is 28.5. The average molecular weight is 435 g/mol. The van der Waals surface area contributed by atoms with Crippen LogP contribution in [0, 0.1) is 5.92 Å². The van der Waals surface area contributed by atoms with E-state index in [1.165, 1.54) is 5.56 Å². The summed E-state index contributed by atoms with van der Waals surface area (Å²) in [5, 5.41) is 9.77. The monoisotopic (exact) mass is 434 g/mol. The van der Waals surface area contributed by atoms with E-state index in [1.54, 1.807) is 0 Å². The Labute approximate surface area is 188 Å². The summed E-state index contributed by atoms with van der Waals surface area (Å²) >= 11 is 0. The van der Waals surface area contributed by atoms with Gasteiger partial charge in [-0.3, -0.25) is 9.59 Å². The summed E-state index contributed by atoms with van der Waals surface area (Å²) in [6, 6.07) is 15.5. The first-order chi connectivity index (χ1) is 15.3. The van der Waals surface area contributed by atoms with Crippen LogP contribution in [0.25, 0.3) is 11.4 Å². The SMILES string of the molecule is CC(C)C(=O)Nc1cccc(CNC(=O)CCc2nc(-c3ccc(C(C)C)cc3)no2)c1. The third-order valence-electron chi connectivity index (χ3n) is 5.08. The maximum absolute atomic E-state index is 12.2. The number of benzene rings is 2. The molecule has 0 spiro atoms. The second-order valence-corrected chi connectivity index (χ2v) is 8.41. The molecule has 0 atom stereocenters. The van der Waals surface area contributed by atoms with Gasteiger partial charge in [-0.1, -0.05) is 69.2 Å². The lowest BCUT2D eigenvalue weighted by Gasteiger charge is -2.10. The van der Waals surface area contributed by atoms with E-state index in [4.69, 9.17) is 4.52 Å². The van der Waals surface area contributed by atoms with Crippen LogP contribution in [0.3, 0.4) is 0 Å². The Bertz CT molecular complexity index is 1060. The predicted octanol–water partition coefficient (Wildman–Crippen LogP) is 4.70. The van der Waals surface area contributed by atoms with Gasteiger partial charge < -0.3 is 15.2 Å². The van der Waals surface area contributed by atoms with Gasteiger partial charge in [-0.05, 0) is 29.2 Å². The van der Waals surface area contributed by atoms with E-state index < -0.39 is 0 Å². The number of nitrogens with zero attached hydrogens (tertiary/aromatic N) is 2. The Morgan fingerprint density at radius 2 is 1.78 bits per heavy atom. The summed E-state index contributed by atoms with van der Waals surface area (Å²) in [6.45, 7) is 8.35. The van der Waals surface area contributed by atoms with Gasteiger partial charge in [0.1, 0.15) is 0 Å². The van der Waals surface area contributed by atoms with Gasteiger partial charge in [-0.2, -0.15) is 4.98 Å². The largest absolute Gasteiger partial charge is 0.352 e. The minimum absolute atomic E-state index is 0.0408. The zero-order valence-electron chi connectivity index (χ0n) is 19.0. The van der Waals surface area contributed by atoms with Crippen molar-refractivity contribution in [3.8, 4) is 11.4 Å². The molecule has 2 N–H and O–H groups in total. The van der Waals surface area contributed by atoms with Crippen molar-refractivity contribution in [2.75, 3.05) is 5.32 Å². The van der Waals surface area contributed by atoms with Gasteiger partial charge in [-0.25, -0.2) is 0 Å². The van der Waals surface area contributed by atoms with E-state index in [9.17, 15) is 9.59 Å². The fraction of sp³-hybridized carbons (Fsp3) is 0.360. The molecule has 1 aromatic heterocycles. The number of amides is 2. The predicted molar refractivity (Wildman–Crippen MR) is 124 cm³/mol. The first kappa shape index (κ1) is 23.2. The second kappa shape index (κ2) is 10.7. The molecule has 3 aromatic rings. The average Bonchev–Trinajstić information content (AvgIpc) is 3.25. The van der Waals surface area contributed by atoms with Crippen molar-refractivity contribution in [3.63, 3.8) is 0 Å². The van der Waals surface area contributed by atoms with Gasteiger partial charge in [0.2, 0.25) is 23.5 Å². The summed E-state index contributed by atoms with van der Waals surface area (Å²) in [7, 11) is 0. The number of aryl methyl sites for hydroxylation is 1. The quantitative estimate of drug-likeness (QED) is 0.509. The molecule has 0 saturated carbocycles. The standard InChI is InChI=1S/C25H30N4O3/c1-16(2)19-8-10-20(11-9-19)24-28-23(32-29-24)13-12-22(30)26-15-18-6-5-7-21(14-18)27-25(31)17(3)4/h5-11,14,16-17H,12-13,15H2,1-4H3,(H,26,30)(H,27,31).